The number of rotatable bonds is 5. The normalized spacial score (nSPS) is 17.3. The van der Waals surface area contributed by atoms with Gasteiger partial charge in [-0.2, -0.15) is 0 Å². The first kappa shape index (κ1) is 23.1. The molecule has 4 aromatic rings. The van der Waals surface area contributed by atoms with Gasteiger partial charge in [0.15, 0.2) is 5.13 Å². The predicted octanol–water partition coefficient (Wildman–Crippen LogP) is 6.15. The molecule has 1 aromatic heterocycles. The zero-order valence-corrected chi connectivity index (χ0v) is 20.6. The van der Waals surface area contributed by atoms with Gasteiger partial charge >= 0.3 is 5.91 Å². The van der Waals surface area contributed by atoms with Gasteiger partial charge in [-0.1, -0.05) is 48.1 Å². The Labute approximate surface area is 211 Å². The lowest BCUT2D eigenvalue weighted by Gasteiger charge is -2.23. The minimum absolute atomic E-state index is 0.00371. The molecule has 5 rings (SSSR count). The van der Waals surface area contributed by atoms with E-state index in [0.717, 1.165) is 22.2 Å². The number of aromatic nitrogens is 1. The summed E-state index contributed by atoms with van der Waals surface area (Å²) in [6, 6.07) is 18.6. The number of thiazole rings is 1. The third-order valence-electron chi connectivity index (χ3n) is 6.05. The van der Waals surface area contributed by atoms with Gasteiger partial charge in [0.05, 0.1) is 28.9 Å². The number of carbonyl (C=O) groups excluding carboxylic acids is 2. The lowest BCUT2D eigenvalue weighted by Crippen LogP contribution is -2.29. The van der Waals surface area contributed by atoms with E-state index in [4.69, 9.17) is 16.3 Å². The number of halogens is 1. The average Bonchev–Trinajstić information content (AvgIpc) is 3.41. The molecule has 176 valence electrons. The Morgan fingerprint density at radius 3 is 2.46 bits per heavy atom. The molecule has 6 nitrogen and oxygen atoms in total. The van der Waals surface area contributed by atoms with Crippen molar-refractivity contribution in [2.75, 3.05) is 12.0 Å². The molecule has 0 unspecified atom stereocenters. The number of anilines is 1. The highest BCUT2D eigenvalue weighted by Gasteiger charge is 2.48. The van der Waals surface area contributed by atoms with Crippen LogP contribution in [0, 0.1) is 0 Å². The largest absolute Gasteiger partial charge is 0.507 e. The van der Waals surface area contributed by atoms with Crippen LogP contribution in [-0.2, 0) is 16.0 Å². The molecule has 1 N–H and O–H groups in total. The number of hydrogen-bond acceptors (Lipinski definition) is 6. The summed E-state index contributed by atoms with van der Waals surface area (Å²) in [6.45, 7) is 2.07. The van der Waals surface area contributed by atoms with Crippen molar-refractivity contribution in [3.05, 3.63) is 94.0 Å². The molecule has 0 spiro atoms. The Morgan fingerprint density at radius 2 is 1.80 bits per heavy atom. The summed E-state index contributed by atoms with van der Waals surface area (Å²) < 4.78 is 6.11. The van der Waals surface area contributed by atoms with Crippen LogP contribution in [-0.4, -0.2) is 28.9 Å². The second kappa shape index (κ2) is 9.17. The van der Waals surface area contributed by atoms with Crippen LogP contribution in [0.5, 0.6) is 5.75 Å². The van der Waals surface area contributed by atoms with Crippen molar-refractivity contribution < 1.29 is 19.4 Å². The summed E-state index contributed by atoms with van der Waals surface area (Å²) in [6.07, 6.45) is 0.875. The molecule has 0 saturated carbocycles. The van der Waals surface area contributed by atoms with E-state index in [0.29, 0.717) is 27.0 Å². The molecule has 0 radical (unpaired) electrons. The summed E-state index contributed by atoms with van der Waals surface area (Å²) in [4.78, 5) is 32.7. The van der Waals surface area contributed by atoms with Crippen LogP contribution in [0.3, 0.4) is 0 Å². The quantitative estimate of drug-likeness (QED) is 0.200. The minimum Gasteiger partial charge on any atom is -0.507 e. The predicted molar refractivity (Wildman–Crippen MR) is 138 cm³/mol. The summed E-state index contributed by atoms with van der Waals surface area (Å²) in [7, 11) is 1.54. The summed E-state index contributed by atoms with van der Waals surface area (Å²) in [5.41, 5.74) is 2.94. The SMILES string of the molecule is CCc1ccc2nc(N3C(=O)C(=O)C(=C(O)c4ccc(OC)cc4)[C@@H]3c3ccc(Cl)cc3)sc2c1. The molecule has 1 amide bonds. The number of hydrogen-bond donors (Lipinski definition) is 1. The molecule has 8 heteroatoms. The van der Waals surface area contributed by atoms with E-state index >= 15 is 0 Å². The van der Waals surface area contributed by atoms with Crippen LogP contribution >= 0.6 is 22.9 Å². The van der Waals surface area contributed by atoms with Crippen molar-refractivity contribution in [3.63, 3.8) is 0 Å². The van der Waals surface area contributed by atoms with Crippen LogP contribution < -0.4 is 9.64 Å². The molecule has 1 aliphatic rings. The second-order valence-corrected chi connectivity index (χ2v) is 9.55. The van der Waals surface area contributed by atoms with E-state index in [1.54, 1.807) is 55.6 Å². The standard InChI is InChI=1S/C27H21ClN2O4S/c1-3-15-4-13-20-21(14-15)35-27(29-20)30-23(16-5-9-18(28)10-6-16)22(25(32)26(30)33)24(31)17-7-11-19(34-2)12-8-17/h4-14,23,31H,3H2,1-2H3/t23-/m0/s1. The zero-order chi connectivity index (χ0) is 24.7. The number of methoxy groups -OCH3 is 1. The van der Waals surface area contributed by atoms with E-state index in [-0.39, 0.29) is 11.3 Å². The van der Waals surface area contributed by atoms with Crippen molar-refractivity contribution in [2.24, 2.45) is 0 Å². The smallest absolute Gasteiger partial charge is 0.301 e. The fourth-order valence-electron chi connectivity index (χ4n) is 4.17. The number of ether oxygens (including phenoxy) is 1. The minimum atomic E-state index is -0.861. The molecular formula is C27H21ClN2O4S. The maximum absolute atomic E-state index is 13.4. The maximum Gasteiger partial charge on any atom is 0.301 e. The first-order valence-electron chi connectivity index (χ1n) is 11.0. The van der Waals surface area contributed by atoms with Crippen LogP contribution in [0.1, 0.15) is 29.7 Å². The number of amides is 1. The highest BCUT2D eigenvalue weighted by molar-refractivity contribution is 7.22. The highest BCUT2D eigenvalue weighted by atomic mass is 35.5. The van der Waals surface area contributed by atoms with Crippen molar-refractivity contribution in [1.82, 2.24) is 4.98 Å². The lowest BCUT2D eigenvalue weighted by atomic mass is 9.95. The molecule has 1 atom stereocenters. The van der Waals surface area contributed by atoms with Gasteiger partial charge in [0.1, 0.15) is 11.5 Å². The zero-order valence-electron chi connectivity index (χ0n) is 19.0. The van der Waals surface area contributed by atoms with E-state index in [2.05, 4.69) is 11.9 Å². The van der Waals surface area contributed by atoms with E-state index in [1.807, 2.05) is 18.2 Å². The topological polar surface area (TPSA) is 79.7 Å². The molecule has 3 aromatic carbocycles. The van der Waals surface area contributed by atoms with Gasteiger partial charge in [-0.05, 0) is 66.1 Å². The van der Waals surface area contributed by atoms with Gasteiger partial charge in [0, 0.05) is 10.6 Å². The highest BCUT2D eigenvalue weighted by Crippen LogP contribution is 2.44. The van der Waals surface area contributed by atoms with Gasteiger partial charge in [0.25, 0.3) is 5.78 Å². The molecule has 1 aliphatic heterocycles. The molecule has 0 bridgehead atoms. The number of aliphatic hydroxyl groups is 1. The first-order chi connectivity index (χ1) is 16.9. The molecule has 1 saturated heterocycles. The third kappa shape index (κ3) is 4.07. The Hall–Kier alpha value is -3.68. The molecule has 35 heavy (non-hydrogen) atoms. The van der Waals surface area contributed by atoms with Crippen molar-refractivity contribution in [3.8, 4) is 5.75 Å². The van der Waals surface area contributed by atoms with Crippen LogP contribution in [0.4, 0.5) is 5.13 Å². The number of carbonyl (C=O) groups is 2. The summed E-state index contributed by atoms with van der Waals surface area (Å²) in [5, 5.41) is 12.1. The van der Waals surface area contributed by atoms with Crippen LogP contribution in [0.15, 0.2) is 72.3 Å². The second-order valence-electron chi connectivity index (χ2n) is 8.10. The molecule has 2 heterocycles. The Kier molecular flexibility index (Phi) is 6.05. The van der Waals surface area contributed by atoms with Gasteiger partial charge in [-0.25, -0.2) is 4.98 Å². The first-order valence-corrected chi connectivity index (χ1v) is 12.2. The van der Waals surface area contributed by atoms with Crippen LogP contribution in [0.25, 0.3) is 16.0 Å². The van der Waals surface area contributed by atoms with E-state index < -0.39 is 17.7 Å². The van der Waals surface area contributed by atoms with Gasteiger partial charge in [-0.15, -0.1) is 0 Å². The number of benzene rings is 3. The fraction of sp³-hybridized carbons (Fsp3) is 0.148. The van der Waals surface area contributed by atoms with Crippen molar-refractivity contribution in [1.29, 1.82) is 0 Å². The van der Waals surface area contributed by atoms with Crippen molar-refractivity contribution >= 4 is 55.7 Å². The average molecular weight is 505 g/mol. The number of Topliss-reactive ketones (excluding diaryl/α,β-unsaturated/α-hetero) is 1. The molecule has 0 aliphatic carbocycles. The maximum atomic E-state index is 13.4. The molecular weight excluding hydrogens is 484 g/mol. The number of ketones is 1. The summed E-state index contributed by atoms with van der Waals surface area (Å²) in [5.74, 6) is -1.17. The Bertz CT molecular complexity index is 1480. The molecule has 1 fully saturated rings. The van der Waals surface area contributed by atoms with Gasteiger partial charge in [-0.3, -0.25) is 14.5 Å². The Morgan fingerprint density at radius 1 is 1.09 bits per heavy atom. The number of aliphatic hydroxyl groups excluding tert-OH is 1. The number of fused-ring (bicyclic) bond motifs is 1. The third-order valence-corrected chi connectivity index (χ3v) is 7.32. The van der Waals surface area contributed by atoms with Gasteiger partial charge in [0.2, 0.25) is 0 Å². The summed E-state index contributed by atoms with van der Waals surface area (Å²) >= 11 is 7.44. The van der Waals surface area contributed by atoms with Crippen LogP contribution in [0.2, 0.25) is 5.02 Å². The number of nitrogens with zero attached hydrogens (tertiary/aromatic N) is 2. The van der Waals surface area contributed by atoms with E-state index in [9.17, 15) is 14.7 Å². The Balaban J connectivity index is 1.69. The lowest BCUT2D eigenvalue weighted by molar-refractivity contribution is -0.132. The number of aryl methyl sites for hydroxylation is 1. The monoisotopic (exact) mass is 504 g/mol. The van der Waals surface area contributed by atoms with Crippen molar-refractivity contribution in [2.45, 2.75) is 19.4 Å². The van der Waals surface area contributed by atoms with Gasteiger partial charge < -0.3 is 9.84 Å². The van der Waals surface area contributed by atoms with E-state index in [1.165, 1.54) is 16.2 Å². The fourth-order valence-corrected chi connectivity index (χ4v) is 5.36.